The summed E-state index contributed by atoms with van der Waals surface area (Å²) in [6.07, 6.45) is -3.96. The van der Waals surface area contributed by atoms with E-state index in [-0.39, 0.29) is 12.4 Å². The number of aliphatic hydroxyl groups is 2. The highest BCUT2D eigenvalue weighted by molar-refractivity contribution is 7.48. The molecule has 31 heavy (non-hydrogen) atoms. The number of benzene rings is 1. The van der Waals surface area contributed by atoms with Crippen molar-refractivity contribution in [1.29, 1.82) is 0 Å². The van der Waals surface area contributed by atoms with Crippen LogP contribution in [-0.4, -0.2) is 51.3 Å². The maximum absolute atomic E-state index is 12.9. The average molecular weight is 474 g/mol. The van der Waals surface area contributed by atoms with Crippen molar-refractivity contribution >= 4 is 25.2 Å². The van der Waals surface area contributed by atoms with E-state index in [1.165, 1.54) is 12.3 Å². The normalized spacial score (nSPS) is 33.5. The number of ether oxygens (including phenoxy) is 1. The van der Waals surface area contributed by atoms with Gasteiger partial charge in [0.2, 0.25) is 0 Å². The van der Waals surface area contributed by atoms with Crippen molar-refractivity contribution in [3.05, 3.63) is 57.6 Å². The Morgan fingerprint density at radius 3 is 2.71 bits per heavy atom. The number of hydrogen-bond donors (Lipinski definition) is 3. The maximum atomic E-state index is 12.9. The van der Waals surface area contributed by atoms with Crippen LogP contribution in [0.25, 0.3) is 0 Å². The van der Waals surface area contributed by atoms with E-state index in [1.807, 2.05) is 0 Å². The summed E-state index contributed by atoms with van der Waals surface area (Å²) >= 11 is 5.89. The fourth-order valence-corrected chi connectivity index (χ4v) is 4.88. The van der Waals surface area contributed by atoms with E-state index in [1.54, 1.807) is 24.3 Å². The van der Waals surface area contributed by atoms with Crippen LogP contribution in [0.4, 0.5) is 5.82 Å². The molecule has 4 rings (SSSR count). The Hall–Kier alpha value is -1.82. The number of hydrogen-bond acceptors (Lipinski definition) is 10. The minimum Gasteiger partial charge on any atom is -0.387 e. The lowest BCUT2D eigenvalue weighted by molar-refractivity contribution is -0.0609. The smallest absolute Gasteiger partial charge is 0.387 e. The minimum atomic E-state index is -3.96. The van der Waals surface area contributed by atoms with Gasteiger partial charge < -0.3 is 20.7 Å². The molecule has 11 nitrogen and oxygen atoms in total. The highest BCUT2D eigenvalue weighted by atomic mass is 35.5. The van der Waals surface area contributed by atoms with Gasteiger partial charge in [0.1, 0.15) is 24.1 Å². The van der Waals surface area contributed by atoms with E-state index >= 15 is 0 Å². The van der Waals surface area contributed by atoms with Crippen LogP contribution in [0, 0.1) is 0 Å². The van der Waals surface area contributed by atoms with Crippen molar-refractivity contribution in [2.45, 2.75) is 37.1 Å². The van der Waals surface area contributed by atoms with Gasteiger partial charge in [-0.25, -0.2) is 9.36 Å². The van der Waals surface area contributed by atoms with Crippen LogP contribution in [0.2, 0.25) is 5.02 Å². The van der Waals surface area contributed by atoms with Crippen LogP contribution in [0.3, 0.4) is 0 Å². The molecule has 2 saturated heterocycles. The Morgan fingerprint density at radius 2 is 2.00 bits per heavy atom. The van der Waals surface area contributed by atoms with Gasteiger partial charge in [0.25, 0.3) is 0 Å². The molecule has 168 valence electrons. The third-order valence-corrected chi connectivity index (χ3v) is 6.72. The van der Waals surface area contributed by atoms with Crippen molar-refractivity contribution in [3.63, 3.8) is 0 Å². The summed E-state index contributed by atoms with van der Waals surface area (Å²) in [5, 5.41) is 21.2. The number of phosphoric acid groups is 1. The second-order valence-corrected chi connectivity index (χ2v) is 9.16. The summed E-state index contributed by atoms with van der Waals surface area (Å²) in [6.45, 7) is -0.271. The summed E-state index contributed by atoms with van der Waals surface area (Å²) < 4.78 is 35.6. The molecule has 2 fully saturated rings. The van der Waals surface area contributed by atoms with Gasteiger partial charge in [0.05, 0.1) is 19.3 Å². The van der Waals surface area contributed by atoms with Gasteiger partial charge in [0, 0.05) is 17.6 Å². The molecule has 2 aliphatic heterocycles. The van der Waals surface area contributed by atoms with Crippen molar-refractivity contribution in [2.75, 3.05) is 18.9 Å². The second kappa shape index (κ2) is 8.97. The van der Waals surface area contributed by atoms with Crippen molar-refractivity contribution < 1.29 is 33.1 Å². The molecule has 13 heteroatoms. The van der Waals surface area contributed by atoms with Gasteiger partial charge in [-0.15, -0.1) is 0 Å². The highest BCUT2D eigenvalue weighted by Crippen LogP contribution is 2.57. The fourth-order valence-electron chi connectivity index (χ4n) is 3.36. The first-order chi connectivity index (χ1) is 14.8. The number of rotatable bonds is 5. The topological polar surface area (TPSA) is 155 Å². The zero-order valence-electron chi connectivity index (χ0n) is 16.1. The SMILES string of the molecule is Nc1ccn([C@@H]2O[C@H](CO[P@@]3(=O)OCC[C@@H](c4ccc(Cl)cc4)O3)[C@@H](O)[C@@H]2O)c(=O)n1. The van der Waals surface area contributed by atoms with Crippen LogP contribution >= 0.6 is 19.4 Å². The second-order valence-electron chi connectivity index (χ2n) is 7.10. The Labute approximate surface area is 181 Å². The zero-order valence-corrected chi connectivity index (χ0v) is 17.8. The Morgan fingerprint density at radius 1 is 1.26 bits per heavy atom. The molecule has 0 bridgehead atoms. The molecule has 2 aliphatic rings. The largest absolute Gasteiger partial charge is 0.475 e. The number of aliphatic hydroxyl groups excluding tert-OH is 2. The third-order valence-electron chi connectivity index (χ3n) is 4.99. The number of nitrogens with zero attached hydrogens (tertiary/aromatic N) is 2. The molecule has 6 atom stereocenters. The predicted octanol–water partition coefficient (Wildman–Crippen LogP) is 1.40. The lowest BCUT2D eigenvalue weighted by atomic mass is 10.1. The monoisotopic (exact) mass is 473 g/mol. The van der Waals surface area contributed by atoms with E-state index in [4.69, 9.17) is 35.6 Å². The maximum Gasteiger partial charge on any atom is 0.475 e. The van der Waals surface area contributed by atoms with E-state index < -0.39 is 50.8 Å². The number of nitrogen functional groups attached to an aromatic ring is 1. The third kappa shape index (κ3) is 4.84. The molecule has 0 unspecified atom stereocenters. The molecular formula is C18H21ClN3O8P. The van der Waals surface area contributed by atoms with Crippen LogP contribution in [-0.2, 0) is 22.9 Å². The van der Waals surface area contributed by atoms with E-state index in [0.717, 1.165) is 10.1 Å². The molecule has 1 aromatic carbocycles. The molecule has 0 spiro atoms. The van der Waals surface area contributed by atoms with Gasteiger partial charge in [0.15, 0.2) is 6.23 Å². The molecule has 0 radical (unpaired) electrons. The number of aromatic nitrogens is 2. The van der Waals surface area contributed by atoms with Crippen LogP contribution < -0.4 is 11.4 Å². The average Bonchev–Trinajstić information content (AvgIpc) is 3.01. The summed E-state index contributed by atoms with van der Waals surface area (Å²) in [5.74, 6) is 0.00843. The van der Waals surface area contributed by atoms with Crippen molar-refractivity contribution in [2.24, 2.45) is 0 Å². The van der Waals surface area contributed by atoms with E-state index in [2.05, 4.69) is 4.98 Å². The Balaban J connectivity index is 1.41. The lowest BCUT2D eigenvalue weighted by Gasteiger charge is -2.29. The first-order valence-electron chi connectivity index (χ1n) is 9.45. The van der Waals surface area contributed by atoms with Gasteiger partial charge in [-0.3, -0.25) is 18.1 Å². The zero-order chi connectivity index (χ0) is 22.2. The first-order valence-corrected chi connectivity index (χ1v) is 11.3. The Bertz CT molecular complexity index is 1040. The van der Waals surface area contributed by atoms with Gasteiger partial charge in [-0.1, -0.05) is 23.7 Å². The minimum absolute atomic E-state index is 0.00843. The van der Waals surface area contributed by atoms with Gasteiger partial charge in [-0.2, -0.15) is 4.98 Å². The molecule has 4 N–H and O–H groups in total. The summed E-state index contributed by atoms with van der Waals surface area (Å²) in [4.78, 5) is 15.6. The lowest BCUT2D eigenvalue weighted by Crippen LogP contribution is -2.36. The standard InChI is InChI=1S/C18H21ClN3O8P/c19-11-3-1-10(2-4-11)12-6-8-27-31(26,30-12)28-9-13-15(23)16(24)17(29-13)22-7-5-14(20)21-18(22)25/h1-5,7,12-13,15-17,23-24H,6,8-9H2,(H2,20,21,25)/t12-,13+,15+,16-,17+,31+/m0/s1. The first kappa shape index (κ1) is 22.4. The number of nitrogens with two attached hydrogens (primary N) is 1. The van der Waals surface area contributed by atoms with Gasteiger partial charge in [-0.05, 0) is 23.8 Å². The molecule has 0 amide bonds. The van der Waals surface area contributed by atoms with Crippen LogP contribution in [0.5, 0.6) is 0 Å². The molecule has 3 heterocycles. The van der Waals surface area contributed by atoms with Crippen molar-refractivity contribution in [3.8, 4) is 0 Å². The molecule has 0 aliphatic carbocycles. The van der Waals surface area contributed by atoms with E-state index in [9.17, 15) is 19.6 Å². The number of halogens is 1. The van der Waals surface area contributed by atoms with Crippen LogP contribution in [0.15, 0.2) is 41.3 Å². The summed E-state index contributed by atoms with van der Waals surface area (Å²) in [7, 11) is -3.96. The molecule has 0 saturated carbocycles. The highest BCUT2D eigenvalue weighted by Gasteiger charge is 2.46. The van der Waals surface area contributed by atoms with E-state index in [0.29, 0.717) is 11.4 Å². The summed E-state index contributed by atoms with van der Waals surface area (Å²) in [6, 6.07) is 8.25. The van der Waals surface area contributed by atoms with Crippen molar-refractivity contribution in [1.82, 2.24) is 9.55 Å². The number of phosphoric ester groups is 1. The quantitative estimate of drug-likeness (QED) is 0.542. The fraction of sp³-hybridized carbons (Fsp3) is 0.444. The molecule has 1 aromatic heterocycles. The van der Waals surface area contributed by atoms with Crippen LogP contribution in [0.1, 0.15) is 24.3 Å². The molecule has 2 aromatic rings. The Kier molecular flexibility index (Phi) is 6.47. The van der Waals surface area contributed by atoms with Gasteiger partial charge >= 0.3 is 13.5 Å². The number of anilines is 1. The predicted molar refractivity (Wildman–Crippen MR) is 108 cm³/mol. The molecular weight excluding hydrogens is 453 g/mol. The summed E-state index contributed by atoms with van der Waals surface area (Å²) in [5.41, 5.74) is 5.47.